The second kappa shape index (κ2) is 5.36. The third-order valence-electron chi connectivity index (χ3n) is 4.90. The fourth-order valence-corrected chi connectivity index (χ4v) is 3.89. The van der Waals surface area contributed by atoms with E-state index in [9.17, 15) is 9.90 Å². The molecule has 0 spiro atoms. The monoisotopic (exact) mass is 269 g/mol. The Bertz CT molecular complexity index is 352. The second-order valence-corrected chi connectivity index (χ2v) is 6.12. The number of hydrazine groups is 1. The minimum absolute atomic E-state index is 0.115. The Kier molecular flexibility index (Phi) is 3.75. The van der Waals surface area contributed by atoms with E-state index in [1.54, 1.807) is 0 Å². The second-order valence-electron chi connectivity index (χ2n) is 6.12. The van der Waals surface area contributed by atoms with E-state index in [2.05, 4.69) is 10.3 Å². The van der Waals surface area contributed by atoms with E-state index >= 15 is 0 Å². The van der Waals surface area contributed by atoms with Crippen LogP contribution in [0.5, 0.6) is 0 Å². The fraction of sp³-hybridized carbons (Fsp3) is 0.923. The number of hydrogen-bond donors (Lipinski definition) is 3. The molecule has 2 saturated heterocycles. The summed E-state index contributed by atoms with van der Waals surface area (Å²) < 4.78 is 5.73. The van der Waals surface area contributed by atoms with E-state index in [0.717, 1.165) is 45.3 Å². The van der Waals surface area contributed by atoms with Gasteiger partial charge in [0.05, 0.1) is 12.2 Å². The van der Waals surface area contributed by atoms with Crippen molar-refractivity contribution in [3.05, 3.63) is 0 Å². The average molecular weight is 269 g/mol. The van der Waals surface area contributed by atoms with Crippen LogP contribution in [-0.4, -0.2) is 53.9 Å². The maximum absolute atomic E-state index is 11.4. The van der Waals surface area contributed by atoms with E-state index in [1.807, 2.05) is 0 Å². The smallest absolute Gasteiger partial charge is 0.263 e. The number of carbonyl (C=O) groups excluding carboxylic acids is 1. The van der Waals surface area contributed by atoms with Crippen LogP contribution in [0.25, 0.3) is 0 Å². The number of nitrogens with two attached hydrogens (primary N) is 1. The van der Waals surface area contributed by atoms with Crippen molar-refractivity contribution in [2.75, 3.05) is 19.6 Å². The molecule has 0 aromatic carbocycles. The lowest BCUT2D eigenvalue weighted by Crippen LogP contribution is -2.40. The molecule has 4 N–H and O–H groups in total. The van der Waals surface area contributed by atoms with Gasteiger partial charge in [-0.25, -0.2) is 5.84 Å². The van der Waals surface area contributed by atoms with Gasteiger partial charge in [0.1, 0.15) is 6.10 Å². The number of likely N-dealkylation sites (tertiary alicyclic amines) is 1. The van der Waals surface area contributed by atoms with Crippen molar-refractivity contribution < 1.29 is 14.6 Å². The van der Waals surface area contributed by atoms with Crippen LogP contribution < -0.4 is 11.3 Å². The lowest BCUT2D eigenvalue weighted by molar-refractivity contribution is -0.132. The summed E-state index contributed by atoms with van der Waals surface area (Å²) in [6, 6.07) is 0. The van der Waals surface area contributed by atoms with E-state index in [0.29, 0.717) is 11.8 Å². The van der Waals surface area contributed by atoms with Crippen LogP contribution in [0.15, 0.2) is 0 Å². The van der Waals surface area contributed by atoms with E-state index < -0.39 is 0 Å². The largest absolute Gasteiger partial charge is 0.393 e. The summed E-state index contributed by atoms with van der Waals surface area (Å²) in [5, 5.41) is 9.90. The van der Waals surface area contributed by atoms with Crippen LogP contribution in [0.4, 0.5) is 0 Å². The van der Waals surface area contributed by atoms with Crippen LogP contribution in [-0.2, 0) is 9.53 Å². The molecule has 2 aliphatic heterocycles. The molecule has 0 aromatic heterocycles. The first-order valence-corrected chi connectivity index (χ1v) is 7.23. The Labute approximate surface area is 113 Å². The highest BCUT2D eigenvalue weighted by atomic mass is 16.5. The molecule has 108 valence electrons. The highest BCUT2D eigenvalue weighted by Gasteiger charge is 2.42. The molecule has 1 saturated carbocycles. The van der Waals surface area contributed by atoms with Gasteiger partial charge < -0.3 is 14.7 Å². The van der Waals surface area contributed by atoms with Gasteiger partial charge in [-0.05, 0) is 31.6 Å². The van der Waals surface area contributed by atoms with Crippen molar-refractivity contribution in [3.8, 4) is 0 Å². The van der Waals surface area contributed by atoms with E-state index in [-0.39, 0.29) is 24.2 Å². The van der Waals surface area contributed by atoms with E-state index in [4.69, 9.17) is 10.6 Å². The lowest BCUT2D eigenvalue weighted by atomic mass is 10.00. The fourth-order valence-electron chi connectivity index (χ4n) is 3.89. The Balaban J connectivity index is 1.47. The first kappa shape index (κ1) is 13.3. The Hall–Kier alpha value is -0.690. The third kappa shape index (κ3) is 2.63. The van der Waals surface area contributed by atoms with E-state index in [1.165, 1.54) is 0 Å². The number of aliphatic hydroxyl groups excluding tert-OH is 1. The minimum atomic E-state index is -0.386. The molecular weight excluding hydrogens is 246 g/mol. The van der Waals surface area contributed by atoms with Gasteiger partial charge in [0.15, 0.2) is 0 Å². The average Bonchev–Trinajstić information content (AvgIpc) is 3.08. The van der Waals surface area contributed by atoms with Gasteiger partial charge in [-0.2, -0.15) is 0 Å². The lowest BCUT2D eigenvalue weighted by Gasteiger charge is -2.22. The van der Waals surface area contributed by atoms with Crippen LogP contribution in [0.1, 0.15) is 25.7 Å². The Morgan fingerprint density at radius 2 is 2.16 bits per heavy atom. The highest BCUT2D eigenvalue weighted by molar-refractivity contribution is 5.80. The summed E-state index contributed by atoms with van der Waals surface area (Å²) in [6.45, 7) is 2.91. The number of hydrogen-bond acceptors (Lipinski definition) is 5. The molecule has 0 radical (unpaired) electrons. The Morgan fingerprint density at radius 3 is 2.89 bits per heavy atom. The number of rotatable bonds is 3. The summed E-state index contributed by atoms with van der Waals surface area (Å²) in [7, 11) is 0. The Morgan fingerprint density at radius 1 is 1.32 bits per heavy atom. The quantitative estimate of drug-likeness (QED) is 0.356. The number of aliphatic hydroxyl groups is 1. The zero-order chi connectivity index (χ0) is 13.4. The molecule has 2 heterocycles. The van der Waals surface area contributed by atoms with Crippen molar-refractivity contribution in [1.29, 1.82) is 0 Å². The summed E-state index contributed by atoms with van der Waals surface area (Å²) in [5.41, 5.74) is 2.15. The summed E-state index contributed by atoms with van der Waals surface area (Å²) in [5.74, 6) is 6.00. The molecule has 0 bridgehead atoms. The van der Waals surface area contributed by atoms with Gasteiger partial charge in [-0.1, -0.05) is 0 Å². The molecule has 3 fully saturated rings. The van der Waals surface area contributed by atoms with Crippen LogP contribution in [0, 0.1) is 11.8 Å². The number of nitrogens with one attached hydrogen (secondary N) is 1. The first-order chi connectivity index (χ1) is 9.17. The summed E-state index contributed by atoms with van der Waals surface area (Å²) in [4.78, 5) is 13.8. The summed E-state index contributed by atoms with van der Waals surface area (Å²) in [6.07, 6.45) is 3.38. The van der Waals surface area contributed by atoms with Crippen molar-refractivity contribution in [1.82, 2.24) is 10.3 Å². The molecule has 6 heteroatoms. The summed E-state index contributed by atoms with van der Waals surface area (Å²) >= 11 is 0. The molecule has 5 unspecified atom stereocenters. The standard InChI is InChI=1S/C13H23N3O3/c14-15-13(18)12-4-2-9(19-12)6-16-5-8-1-3-11(17)10(8)7-16/h8-12,17H,1-7,14H2,(H,15,18). The van der Waals surface area contributed by atoms with Gasteiger partial charge in [0.2, 0.25) is 0 Å². The molecule has 0 aromatic rings. The number of amides is 1. The maximum Gasteiger partial charge on any atom is 0.263 e. The molecule has 1 amide bonds. The van der Waals surface area contributed by atoms with Crippen molar-refractivity contribution in [2.24, 2.45) is 17.7 Å². The zero-order valence-electron chi connectivity index (χ0n) is 11.1. The maximum atomic E-state index is 11.4. The molecule has 6 nitrogen and oxygen atoms in total. The normalized spacial score (nSPS) is 42.5. The van der Waals surface area contributed by atoms with Crippen molar-refractivity contribution in [3.63, 3.8) is 0 Å². The number of carbonyl (C=O) groups is 1. The highest BCUT2D eigenvalue weighted by Crippen LogP contribution is 2.38. The van der Waals surface area contributed by atoms with Crippen LogP contribution in [0.3, 0.4) is 0 Å². The topological polar surface area (TPSA) is 87.8 Å². The van der Waals surface area contributed by atoms with Crippen LogP contribution >= 0.6 is 0 Å². The molecule has 19 heavy (non-hydrogen) atoms. The van der Waals surface area contributed by atoms with Gasteiger partial charge in [0, 0.05) is 25.6 Å². The minimum Gasteiger partial charge on any atom is -0.393 e. The molecule has 5 atom stereocenters. The predicted octanol–water partition coefficient (Wildman–Crippen LogP) is -0.773. The van der Waals surface area contributed by atoms with Crippen LogP contribution in [0.2, 0.25) is 0 Å². The first-order valence-electron chi connectivity index (χ1n) is 7.23. The van der Waals surface area contributed by atoms with Gasteiger partial charge in [-0.15, -0.1) is 0 Å². The molecular formula is C13H23N3O3. The van der Waals surface area contributed by atoms with Gasteiger partial charge in [-0.3, -0.25) is 10.2 Å². The van der Waals surface area contributed by atoms with Crippen molar-refractivity contribution >= 4 is 5.91 Å². The SMILES string of the molecule is NNC(=O)C1CCC(CN2CC3CCC(O)C3C2)O1. The predicted molar refractivity (Wildman–Crippen MR) is 68.9 cm³/mol. The molecule has 1 aliphatic carbocycles. The number of nitrogens with zero attached hydrogens (tertiary/aromatic N) is 1. The zero-order valence-corrected chi connectivity index (χ0v) is 11.1. The molecule has 3 rings (SSSR count). The number of ether oxygens (including phenoxy) is 1. The van der Waals surface area contributed by atoms with Crippen molar-refractivity contribution in [2.45, 2.75) is 44.0 Å². The molecule has 3 aliphatic rings. The third-order valence-corrected chi connectivity index (χ3v) is 4.90. The van der Waals surface area contributed by atoms with Gasteiger partial charge in [0.25, 0.3) is 5.91 Å². The van der Waals surface area contributed by atoms with Gasteiger partial charge >= 0.3 is 0 Å². The number of fused-ring (bicyclic) bond motifs is 1.